The van der Waals surface area contributed by atoms with Crippen LogP contribution in [0.2, 0.25) is 0 Å². The van der Waals surface area contributed by atoms with Crippen molar-refractivity contribution in [1.82, 2.24) is 18.4 Å². The van der Waals surface area contributed by atoms with Crippen molar-refractivity contribution in [2.24, 2.45) is 7.05 Å². The third-order valence-corrected chi connectivity index (χ3v) is 6.09. The quantitative estimate of drug-likeness (QED) is 0.785. The van der Waals surface area contributed by atoms with Gasteiger partial charge in [0.15, 0.2) is 5.03 Å². The molecule has 0 bridgehead atoms. The molecule has 8 nitrogen and oxygen atoms in total. The predicted molar refractivity (Wildman–Crippen MR) is 92.2 cm³/mol. The van der Waals surface area contributed by atoms with Crippen molar-refractivity contribution < 1.29 is 13.2 Å². The van der Waals surface area contributed by atoms with Crippen molar-refractivity contribution in [2.45, 2.75) is 37.9 Å². The van der Waals surface area contributed by atoms with Crippen molar-refractivity contribution in [2.75, 3.05) is 13.1 Å². The van der Waals surface area contributed by atoms with Crippen molar-refractivity contribution in [1.29, 1.82) is 0 Å². The lowest BCUT2D eigenvalue weighted by Gasteiger charge is -2.37. The zero-order valence-corrected chi connectivity index (χ0v) is 15.5. The molecule has 0 N–H and O–H groups in total. The Hall–Kier alpha value is -2.13. The molecule has 2 aromatic rings. The summed E-state index contributed by atoms with van der Waals surface area (Å²) in [6, 6.07) is 3.32. The van der Waals surface area contributed by atoms with Crippen LogP contribution in [0.4, 0.5) is 0 Å². The van der Waals surface area contributed by atoms with E-state index in [0.29, 0.717) is 5.75 Å². The summed E-state index contributed by atoms with van der Waals surface area (Å²) in [6.45, 7) is 6.21. The minimum atomic E-state index is -3.61. The molecule has 0 amide bonds. The first-order chi connectivity index (χ1) is 11.7. The van der Waals surface area contributed by atoms with Gasteiger partial charge < -0.3 is 13.9 Å². The van der Waals surface area contributed by atoms with Crippen LogP contribution in [-0.4, -0.2) is 46.0 Å². The van der Waals surface area contributed by atoms with E-state index in [1.54, 1.807) is 23.9 Å². The summed E-state index contributed by atoms with van der Waals surface area (Å²) in [7, 11) is -1.92. The second kappa shape index (κ2) is 6.30. The van der Waals surface area contributed by atoms with Crippen LogP contribution >= 0.6 is 0 Å². The molecule has 136 valence electrons. The van der Waals surface area contributed by atoms with E-state index in [1.807, 2.05) is 20.8 Å². The maximum absolute atomic E-state index is 12.5. The number of pyridine rings is 1. The number of sulfonamides is 1. The summed E-state index contributed by atoms with van der Waals surface area (Å²) >= 11 is 0. The van der Waals surface area contributed by atoms with Gasteiger partial charge in [-0.2, -0.15) is 4.31 Å². The SMILES string of the molecule is Cc1cc(OC2CN(S(=O)(=O)c3cn(C(C)C)cn3)C2)cc(=O)n1C. The van der Waals surface area contributed by atoms with Gasteiger partial charge in [0.1, 0.15) is 11.9 Å². The largest absolute Gasteiger partial charge is 0.487 e. The Labute approximate surface area is 146 Å². The highest BCUT2D eigenvalue weighted by molar-refractivity contribution is 7.89. The van der Waals surface area contributed by atoms with E-state index in [4.69, 9.17) is 4.74 Å². The molecule has 2 aromatic heterocycles. The second-order valence-electron chi connectivity index (χ2n) is 6.54. The third-order valence-electron chi connectivity index (χ3n) is 4.37. The standard InChI is InChI=1S/C16H22N4O4S/c1-11(2)19-9-15(17-10-19)25(22,23)20-7-14(8-20)24-13-5-12(3)18(4)16(21)6-13/h5-6,9-11,14H,7-8H2,1-4H3. The van der Waals surface area contributed by atoms with Crippen LogP contribution in [0.1, 0.15) is 25.6 Å². The number of hydrogen-bond donors (Lipinski definition) is 0. The van der Waals surface area contributed by atoms with Gasteiger partial charge in [-0.1, -0.05) is 0 Å². The van der Waals surface area contributed by atoms with Gasteiger partial charge in [0.05, 0.1) is 19.4 Å². The van der Waals surface area contributed by atoms with Gasteiger partial charge in [0.25, 0.3) is 15.6 Å². The molecule has 0 aliphatic carbocycles. The molecule has 3 rings (SSSR count). The molecule has 0 atom stereocenters. The Morgan fingerprint density at radius 3 is 2.52 bits per heavy atom. The van der Waals surface area contributed by atoms with Crippen LogP contribution in [0.5, 0.6) is 5.75 Å². The normalized spacial score (nSPS) is 16.2. The topological polar surface area (TPSA) is 86.4 Å². The Morgan fingerprint density at radius 1 is 1.28 bits per heavy atom. The molecule has 1 saturated heterocycles. The Bertz CT molecular complexity index is 939. The molecular formula is C16H22N4O4S. The predicted octanol–water partition coefficient (Wildman–Crippen LogP) is 0.923. The van der Waals surface area contributed by atoms with E-state index < -0.39 is 10.0 Å². The first kappa shape index (κ1) is 17.7. The highest BCUT2D eigenvalue weighted by Crippen LogP contribution is 2.24. The van der Waals surface area contributed by atoms with E-state index in [1.165, 1.54) is 21.3 Å². The Morgan fingerprint density at radius 2 is 1.96 bits per heavy atom. The summed E-state index contributed by atoms with van der Waals surface area (Å²) in [5.41, 5.74) is 0.628. The molecule has 1 aliphatic rings. The summed E-state index contributed by atoms with van der Waals surface area (Å²) in [4.78, 5) is 15.8. The van der Waals surface area contributed by atoms with Crippen LogP contribution in [0.3, 0.4) is 0 Å². The van der Waals surface area contributed by atoms with Gasteiger partial charge in [-0.25, -0.2) is 13.4 Å². The highest BCUT2D eigenvalue weighted by atomic mass is 32.2. The lowest BCUT2D eigenvalue weighted by atomic mass is 10.2. The first-order valence-electron chi connectivity index (χ1n) is 8.06. The number of aromatic nitrogens is 3. The molecule has 3 heterocycles. The van der Waals surface area contributed by atoms with E-state index in [2.05, 4.69) is 4.98 Å². The molecule has 0 saturated carbocycles. The number of rotatable bonds is 5. The lowest BCUT2D eigenvalue weighted by molar-refractivity contribution is 0.0757. The number of nitrogens with zero attached hydrogens (tertiary/aromatic N) is 4. The number of ether oxygens (including phenoxy) is 1. The van der Waals surface area contributed by atoms with E-state index in [-0.39, 0.29) is 35.8 Å². The molecule has 9 heteroatoms. The fourth-order valence-corrected chi connectivity index (χ4v) is 3.96. The summed E-state index contributed by atoms with van der Waals surface area (Å²) in [5, 5.41) is 0.0454. The molecule has 25 heavy (non-hydrogen) atoms. The third kappa shape index (κ3) is 3.34. The van der Waals surface area contributed by atoms with Crippen molar-refractivity contribution in [3.63, 3.8) is 0 Å². The zero-order chi connectivity index (χ0) is 18.4. The van der Waals surface area contributed by atoms with Gasteiger partial charge >= 0.3 is 0 Å². The van der Waals surface area contributed by atoms with Gasteiger partial charge in [0, 0.05) is 31.0 Å². The van der Waals surface area contributed by atoms with Crippen LogP contribution < -0.4 is 10.3 Å². The van der Waals surface area contributed by atoms with Gasteiger partial charge in [-0.3, -0.25) is 4.79 Å². The van der Waals surface area contributed by atoms with Crippen LogP contribution in [-0.2, 0) is 17.1 Å². The minimum Gasteiger partial charge on any atom is -0.487 e. The zero-order valence-electron chi connectivity index (χ0n) is 14.7. The minimum absolute atomic E-state index is 0.0454. The fraction of sp³-hybridized carbons (Fsp3) is 0.500. The smallest absolute Gasteiger partial charge is 0.262 e. The van der Waals surface area contributed by atoms with Crippen molar-refractivity contribution in [3.8, 4) is 5.75 Å². The summed E-state index contributed by atoms with van der Waals surface area (Å²) in [6.07, 6.45) is 2.79. The van der Waals surface area contributed by atoms with Crippen molar-refractivity contribution in [3.05, 3.63) is 40.7 Å². The summed E-state index contributed by atoms with van der Waals surface area (Å²) < 4.78 is 35.4. The monoisotopic (exact) mass is 366 g/mol. The maximum Gasteiger partial charge on any atom is 0.262 e. The fourth-order valence-electron chi connectivity index (χ4n) is 2.53. The highest BCUT2D eigenvalue weighted by Gasteiger charge is 2.39. The molecular weight excluding hydrogens is 344 g/mol. The molecule has 0 radical (unpaired) electrons. The number of aryl methyl sites for hydroxylation is 1. The number of imidazole rings is 1. The molecule has 0 aromatic carbocycles. The van der Waals surface area contributed by atoms with Crippen LogP contribution in [0.15, 0.2) is 34.5 Å². The lowest BCUT2D eigenvalue weighted by Crippen LogP contribution is -2.56. The average molecular weight is 366 g/mol. The number of hydrogen-bond acceptors (Lipinski definition) is 5. The van der Waals surface area contributed by atoms with Crippen LogP contribution in [0.25, 0.3) is 0 Å². The molecule has 1 fully saturated rings. The maximum atomic E-state index is 12.5. The van der Waals surface area contributed by atoms with E-state index in [9.17, 15) is 13.2 Å². The average Bonchev–Trinajstić information content (AvgIpc) is 2.98. The van der Waals surface area contributed by atoms with Crippen LogP contribution in [0, 0.1) is 6.92 Å². The van der Waals surface area contributed by atoms with E-state index in [0.717, 1.165) is 5.69 Å². The van der Waals surface area contributed by atoms with E-state index >= 15 is 0 Å². The van der Waals surface area contributed by atoms with Gasteiger partial charge in [-0.05, 0) is 26.8 Å². The van der Waals surface area contributed by atoms with Crippen molar-refractivity contribution >= 4 is 10.0 Å². The molecule has 0 unspecified atom stereocenters. The van der Waals surface area contributed by atoms with Gasteiger partial charge in [-0.15, -0.1) is 0 Å². The Kier molecular flexibility index (Phi) is 4.46. The second-order valence-corrected chi connectivity index (χ2v) is 8.43. The summed E-state index contributed by atoms with van der Waals surface area (Å²) in [5.74, 6) is 0.465. The first-order valence-corrected chi connectivity index (χ1v) is 9.50. The van der Waals surface area contributed by atoms with Gasteiger partial charge in [0.2, 0.25) is 0 Å². The molecule has 1 aliphatic heterocycles. The Balaban J connectivity index is 1.66. The molecule has 0 spiro atoms.